The van der Waals surface area contributed by atoms with Crippen LogP contribution >= 0.6 is 0 Å². The van der Waals surface area contributed by atoms with Crippen molar-refractivity contribution in [3.8, 4) is 0 Å². The van der Waals surface area contributed by atoms with Crippen molar-refractivity contribution in [1.29, 1.82) is 0 Å². The van der Waals surface area contributed by atoms with E-state index in [1.54, 1.807) is 24.7 Å². The number of carbonyl (C=O) groups is 1. The van der Waals surface area contributed by atoms with Gasteiger partial charge in [-0.3, -0.25) is 9.78 Å². The van der Waals surface area contributed by atoms with Gasteiger partial charge in [-0.2, -0.15) is 0 Å². The first-order valence-electron chi connectivity index (χ1n) is 8.56. The van der Waals surface area contributed by atoms with Crippen LogP contribution < -0.4 is 10.2 Å². The van der Waals surface area contributed by atoms with Crippen LogP contribution in [0.25, 0.3) is 0 Å². The lowest BCUT2D eigenvalue weighted by Gasteiger charge is -2.19. The smallest absolute Gasteiger partial charge is 0.274 e. The minimum atomic E-state index is -0.208. The molecule has 1 aromatic carbocycles. The van der Waals surface area contributed by atoms with Gasteiger partial charge in [0.2, 0.25) is 0 Å². The van der Waals surface area contributed by atoms with Crippen LogP contribution in [-0.2, 0) is 6.42 Å². The molecule has 0 aliphatic rings. The largest absolute Gasteiger partial charge is 0.373 e. The Morgan fingerprint density at radius 3 is 2.42 bits per heavy atom. The molecule has 2 heterocycles. The van der Waals surface area contributed by atoms with Gasteiger partial charge in [0.15, 0.2) is 0 Å². The Balaban J connectivity index is 1.58. The number of nitrogens with zero attached hydrogens (tertiary/aromatic N) is 3. The molecular weight excluding hydrogens is 324 g/mol. The Morgan fingerprint density at radius 2 is 1.77 bits per heavy atom. The molecule has 0 unspecified atom stereocenters. The number of benzene rings is 1. The third-order valence-corrected chi connectivity index (χ3v) is 4.22. The molecule has 0 aliphatic carbocycles. The van der Waals surface area contributed by atoms with Gasteiger partial charge in [0.05, 0.1) is 11.9 Å². The molecule has 0 fully saturated rings. The van der Waals surface area contributed by atoms with Crippen molar-refractivity contribution in [2.45, 2.75) is 13.3 Å². The maximum absolute atomic E-state index is 12.3. The van der Waals surface area contributed by atoms with Crippen LogP contribution in [0.15, 0.2) is 67.1 Å². The van der Waals surface area contributed by atoms with Gasteiger partial charge in [0.25, 0.3) is 5.91 Å². The molecule has 0 spiro atoms. The Morgan fingerprint density at radius 1 is 1.04 bits per heavy atom. The molecule has 0 saturated heterocycles. The van der Waals surface area contributed by atoms with Crippen molar-refractivity contribution in [1.82, 2.24) is 9.97 Å². The fraction of sp³-hybridized carbons (Fsp3) is 0.190. The number of rotatable bonds is 6. The number of pyridine rings is 2. The van der Waals surface area contributed by atoms with E-state index in [9.17, 15) is 4.79 Å². The lowest BCUT2D eigenvalue weighted by molar-refractivity contribution is 0.102. The fourth-order valence-electron chi connectivity index (χ4n) is 2.55. The van der Waals surface area contributed by atoms with Crippen molar-refractivity contribution in [2.75, 3.05) is 23.8 Å². The predicted molar refractivity (Wildman–Crippen MR) is 105 cm³/mol. The number of aromatic nitrogens is 2. The van der Waals surface area contributed by atoms with Gasteiger partial charge in [0.1, 0.15) is 5.69 Å². The lowest BCUT2D eigenvalue weighted by atomic mass is 10.2. The van der Waals surface area contributed by atoms with Crippen LogP contribution in [-0.4, -0.2) is 29.5 Å². The summed E-state index contributed by atoms with van der Waals surface area (Å²) >= 11 is 0. The minimum absolute atomic E-state index is 0.208. The summed E-state index contributed by atoms with van der Waals surface area (Å²) in [7, 11) is 2.02. The fourth-order valence-corrected chi connectivity index (χ4v) is 2.55. The highest BCUT2D eigenvalue weighted by molar-refractivity contribution is 6.02. The van der Waals surface area contributed by atoms with Gasteiger partial charge in [-0.1, -0.05) is 17.7 Å². The highest BCUT2D eigenvalue weighted by Crippen LogP contribution is 2.14. The highest BCUT2D eigenvalue weighted by Gasteiger charge is 2.09. The summed E-state index contributed by atoms with van der Waals surface area (Å²) in [5.74, 6) is -0.208. The zero-order chi connectivity index (χ0) is 18.4. The highest BCUT2D eigenvalue weighted by atomic mass is 16.1. The Hall–Kier alpha value is -3.21. The first kappa shape index (κ1) is 17.6. The zero-order valence-corrected chi connectivity index (χ0v) is 15.0. The average Bonchev–Trinajstić information content (AvgIpc) is 2.69. The molecular formula is C21H22N4O. The normalized spacial score (nSPS) is 10.4. The summed E-state index contributed by atoms with van der Waals surface area (Å²) in [5.41, 5.74) is 4.54. The summed E-state index contributed by atoms with van der Waals surface area (Å²) in [6.07, 6.45) is 6.27. The maximum Gasteiger partial charge on any atom is 0.274 e. The van der Waals surface area contributed by atoms with Gasteiger partial charge in [-0.05, 0) is 55.3 Å². The van der Waals surface area contributed by atoms with Crippen LogP contribution in [0, 0.1) is 6.92 Å². The number of hydrogen-bond acceptors (Lipinski definition) is 4. The molecule has 0 radical (unpaired) electrons. The van der Waals surface area contributed by atoms with Gasteiger partial charge in [-0.15, -0.1) is 0 Å². The number of anilines is 2. The molecule has 132 valence electrons. The van der Waals surface area contributed by atoms with Crippen molar-refractivity contribution in [3.63, 3.8) is 0 Å². The van der Waals surface area contributed by atoms with E-state index in [1.807, 2.05) is 56.4 Å². The summed E-state index contributed by atoms with van der Waals surface area (Å²) in [4.78, 5) is 22.8. The Bertz CT molecular complexity index is 845. The van der Waals surface area contributed by atoms with Crippen molar-refractivity contribution < 1.29 is 4.79 Å². The summed E-state index contributed by atoms with van der Waals surface area (Å²) in [5, 5.41) is 2.86. The van der Waals surface area contributed by atoms with E-state index >= 15 is 0 Å². The molecule has 0 bridgehead atoms. The monoisotopic (exact) mass is 346 g/mol. The zero-order valence-electron chi connectivity index (χ0n) is 15.0. The molecule has 2 aromatic heterocycles. The van der Waals surface area contributed by atoms with Crippen molar-refractivity contribution in [2.24, 2.45) is 0 Å². The second-order valence-electron chi connectivity index (χ2n) is 6.25. The van der Waals surface area contributed by atoms with E-state index < -0.39 is 0 Å². The van der Waals surface area contributed by atoms with E-state index in [0.29, 0.717) is 5.69 Å². The van der Waals surface area contributed by atoms with Crippen molar-refractivity contribution >= 4 is 17.3 Å². The standard InChI is InChI=1S/C21H22N4O/c1-16-3-5-18(6-4-16)24-21(26)20-8-7-19(15-23-20)25(2)14-11-17-9-12-22-13-10-17/h3-10,12-13,15H,11,14H2,1-2H3,(H,24,26). The quantitative estimate of drug-likeness (QED) is 0.739. The van der Waals surface area contributed by atoms with Crippen LogP contribution in [0.3, 0.4) is 0 Å². The van der Waals surface area contributed by atoms with E-state index in [0.717, 1.165) is 29.9 Å². The van der Waals surface area contributed by atoms with Gasteiger partial charge < -0.3 is 10.2 Å². The number of likely N-dealkylation sites (N-methyl/N-ethyl adjacent to an activating group) is 1. The van der Waals surface area contributed by atoms with Crippen LogP contribution in [0.4, 0.5) is 11.4 Å². The van der Waals surface area contributed by atoms with Gasteiger partial charge >= 0.3 is 0 Å². The number of nitrogens with one attached hydrogen (secondary N) is 1. The summed E-state index contributed by atoms with van der Waals surface area (Å²) in [6.45, 7) is 2.87. The third-order valence-electron chi connectivity index (χ3n) is 4.22. The lowest BCUT2D eigenvalue weighted by Crippen LogP contribution is -2.21. The first-order chi connectivity index (χ1) is 12.6. The van der Waals surface area contributed by atoms with E-state index in [4.69, 9.17) is 0 Å². The molecule has 3 rings (SSSR count). The minimum Gasteiger partial charge on any atom is -0.373 e. The second-order valence-corrected chi connectivity index (χ2v) is 6.25. The summed E-state index contributed by atoms with van der Waals surface area (Å²) in [6, 6.07) is 15.4. The molecule has 0 aliphatic heterocycles. The van der Waals surface area contributed by atoms with Crippen molar-refractivity contribution in [3.05, 3.63) is 83.9 Å². The molecule has 5 nitrogen and oxygen atoms in total. The van der Waals surface area contributed by atoms with Gasteiger partial charge in [0, 0.05) is 31.7 Å². The third kappa shape index (κ3) is 4.66. The van der Waals surface area contributed by atoms with Gasteiger partial charge in [-0.25, -0.2) is 4.98 Å². The second kappa shape index (κ2) is 8.25. The molecule has 0 atom stereocenters. The van der Waals surface area contributed by atoms with E-state index in [-0.39, 0.29) is 5.91 Å². The topological polar surface area (TPSA) is 58.1 Å². The Labute approximate surface area is 153 Å². The first-order valence-corrected chi connectivity index (χ1v) is 8.56. The predicted octanol–water partition coefficient (Wildman–Crippen LogP) is 3.72. The van der Waals surface area contributed by atoms with E-state index in [2.05, 4.69) is 20.2 Å². The SMILES string of the molecule is Cc1ccc(NC(=O)c2ccc(N(C)CCc3ccncc3)cn2)cc1. The molecule has 3 aromatic rings. The molecule has 5 heteroatoms. The molecule has 26 heavy (non-hydrogen) atoms. The maximum atomic E-state index is 12.3. The van der Waals surface area contributed by atoms with E-state index in [1.165, 1.54) is 5.56 Å². The molecule has 1 amide bonds. The number of hydrogen-bond donors (Lipinski definition) is 1. The number of amides is 1. The summed E-state index contributed by atoms with van der Waals surface area (Å²) < 4.78 is 0. The molecule has 1 N–H and O–H groups in total. The molecule has 0 saturated carbocycles. The number of carbonyl (C=O) groups excluding carboxylic acids is 1. The van der Waals surface area contributed by atoms with Crippen LogP contribution in [0.2, 0.25) is 0 Å². The Kier molecular flexibility index (Phi) is 5.59. The van der Waals surface area contributed by atoms with Crippen LogP contribution in [0.1, 0.15) is 21.6 Å². The van der Waals surface area contributed by atoms with Crippen LogP contribution in [0.5, 0.6) is 0 Å². The number of aryl methyl sites for hydroxylation is 1. The average molecular weight is 346 g/mol.